The van der Waals surface area contributed by atoms with Gasteiger partial charge in [-0.1, -0.05) is 18.2 Å². The number of nitrogens with zero attached hydrogens (tertiary/aromatic N) is 4. The molecule has 1 aliphatic heterocycles. The fourth-order valence-electron chi connectivity index (χ4n) is 3.69. The fraction of sp³-hybridized carbons (Fsp3) is 0.476. The number of hydrogen-bond donors (Lipinski definition) is 0. The smallest absolute Gasteiger partial charge is 0.227 e. The largest absolute Gasteiger partial charge is 0.496 e. The maximum absolute atomic E-state index is 13.1. The molecule has 2 heterocycles. The van der Waals surface area contributed by atoms with Gasteiger partial charge < -0.3 is 14.5 Å². The first-order chi connectivity index (χ1) is 13.5. The van der Waals surface area contributed by atoms with Gasteiger partial charge in [0.05, 0.1) is 19.2 Å². The molecule has 2 aromatic rings. The van der Waals surface area contributed by atoms with E-state index in [2.05, 4.69) is 5.10 Å². The normalized spacial score (nSPS) is 16.9. The molecular weight excluding hydrogens is 356 g/mol. The first-order valence-corrected chi connectivity index (χ1v) is 9.67. The molecular formula is C21H28N4O3. The molecule has 0 spiro atoms. The number of benzene rings is 1. The quantitative estimate of drug-likeness (QED) is 0.734. The molecule has 0 N–H and O–H groups in total. The zero-order valence-corrected chi connectivity index (χ0v) is 16.8. The van der Waals surface area contributed by atoms with Crippen LogP contribution in [-0.4, -0.2) is 51.6 Å². The van der Waals surface area contributed by atoms with Gasteiger partial charge in [-0.2, -0.15) is 5.10 Å². The van der Waals surface area contributed by atoms with E-state index in [4.69, 9.17) is 4.74 Å². The molecule has 0 unspecified atom stereocenters. The first kappa shape index (κ1) is 19.9. The number of carbonyl (C=O) groups excluding carboxylic acids is 2. The van der Waals surface area contributed by atoms with Crippen LogP contribution in [0, 0.1) is 5.92 Å². The Hall–Kier alpha value is -2.83. The number of methoxy groups -OCH3 is 1. The third-order valence-corrected chi connectivity index (χ3v) is 5.23. The Morgan fingerprint density at radius 3 is 2.82 bits per heavy atom. The summed E-state index contributed by atoms with van der Waals surface area (Å²) in [5.74, 6) is 0.772. The molecule has 28 heavy (non-hydrogen) atoms. The summed E-state index contributed by atoms with van der Waals surface area (Å²) >= 11 is 0. The van der Waals surface area contributed by atoms with E-state index < -0.39 is 0 Å². The molecule has 1 atom stereocenters. The Bertz CT molecular complexity index is 833. The molecule has 1 fully saturated rings. The monoisotopic (exact) mass is 384 g/mol. The minimum absolute atomic E-state index is 0.0882. The minimum atomic E-state index is -0.177. The summed E-state index contributed by atoms with van der Waals surface area (Å²) in [7, 11) is 3.49. The van der Waals surface area contributed by atoms with Gasteiger partial charge in [-0.3, -0.25) is 14.3 Å². The van der Waals surface area contributed by atoms with Gasteiger partial charge in [0.1, 0.15) is 5.75 Å². The SMILES string of the molecule is CCN(Cc1cnn(C)c1)C(=O)[C@@H]1CCC(=O)N(Cc2ccccc2OC)C1. The molecule has 0 bridgehead atoms. The average molecular weight is 384 g/mol. The summed E-state index contributed by atoms with van der Waals surface area (Å²) < 4.78 is 7.14. The lowest BCUT2D eigenvalue weighted by atomic mass is 9.95. The number of aromatic nitrogens is 2. The average Bonchev–Trinajstić information content (AvgIpc) is 3.12. The van der Waals surface area contributed by atoms with Crippen LogP contribution in [0.5, 0.6) is 5.75 Å². The van der Waals surface area contributed by atoms with E-state index in [9.17, 15) is 9.59 Å². The molecule has 0 radical (unpaired) electrons. The van der Waals surface area contributed by atoms with Gasteiger partial charge in [0.2, 0.25) is 11.8 Å². The minimum Gasteiger partial charge on any atom is -0.496 e. The molecule has 1 aromatic heterocycles. The fourth-order valence-corrected chi connectivity index (χ4v) is 3.69. The number of amides is 2. The van der Waals surface area contributed by atoms with Crippen LogP contribution in [0.1, 0.15) is 30.9 Å². The predicted molar refractivity (Wildman–Crippen MR) is 105 cm³/mol. The van der Waals surface area contributed by atoms with Crippen LogP contribution >= 0.6 is 0 Å². The summed E-state index contributed by atoms with van der Waals surface area (Å²) in [6.45, 7) is 4.06. The van der Waals surface area contributed by atoms with Crippen LogP contribution in [0.25, 0.3) is 0 Å². The van der Waals surface area contributed by atoms with Crippen molar-refractivity contribution >= 4 is 11.8 Å². The summed E-state index contributed by atoms with van der Waals surface area (Å²) in [6, 6.07) is 7.68. The highest BCUT2D eigenvalue weighted by Crippen LogP contribution is 2.25. The van der Waals surface area contributed by atoms with E-state index >= 15 is 0 Å². The lowest BCUT2D eigenvalue weighted by Gasteiger charge is -2.34. The van der Waals surface area contributed by atoms with Crippen molar-refractivity contribution in [3.8, 4) is 5.75 Å². The maximum atomic E-state index is 13.1. The van der Waals surface area contributed by atoms with E-state index in [1.165, 1.54) is 0 Å². The molecule has 1 aliphatic rings. The van der Waals surface area contributed by atoms with Crippen molar-refractivity contribution in [1.82, 2.24) is 19.6 Å². The molecule has 2 amide bonds. The van der Waals surface area contributed by atoms with Crippen molar-refractivity contribution in [2.75, 3.05) is 20.2 Å². The van der Waals surface area contributed by atoms with Crippen LogP contribution in [-0.2, 0) is 29.7 Å². The Labute approximate surface area is 165 Å². The summed E-state index contributed by atoms with van der Waals surface area (Å²) in [6.07, 6.45) is 4.71. The number of hydrogen-bond acceptors (Lipinski definition) is 4. The number of para-hydroxylation sites is 1. The lowest BCUT2D eigenvalue weighted by Crippen LogP contribution is -2.46. The highest BCUT2D eigenvalue weighted by atomic mass is 16.5. The Kier molecular flexibility index (Phi) is 6.34. The van der Waals surface area contributed by atoms with Crippen LogP contribution in [0.2, 0.25) is 0 Å². The molecule has 7 nitrogen and oxygen atoms in total. The second-order valence-corrected chi connectivity index (χ2v) is 7.20. The number of rotatable bonds is 7. The molecule has 1 aromatic carbocycles. The number of carbonyl (C=O) groups is 2. The Balaban J connectivity index is 1.68. The van der Waals surface area contributed by atoms with E-state index in [0.717, 1.165) is 16.9 Å². The Morgan fingerprint density at radius 2 is 2.14 bits per heavy atom. The standard InChI is InChI=1S/C21H28N4O3/c1-4-24(13-16-11-22-23(2)12-16)21(27)18-9-10-20(26)25(15-18)14-17-7-5-6-8-19(17)28-3/h5-8,11-12,18H,4,9-10,13-15H2,1-3H3/t18-/m1/s1. The third kappa shape index (κ3) is 4.52. The van der Waals surface area contributed by atoms with Crippen molar-refractivity contribution in [3.63, 3.8) is 0 Å². The molecule has 0 saturated carbocycles. The molecule has 1 saturated heterocycles. The van der Waals surface area contributed by atoms with Gasteiger partial charge in [0.25, 0.3) is 0 Å². The molecule has 7 heteroatoms. The van der Waals surface area contributed by atoms with Gasteiger partial charge in [-0.25, -0.2) is 0 Å². The van der Waals surface area contributed by atoms with Crippen LogP contribution in [0.4, 0.5) is 0 Å². The number of aryl methyl sites for hydroxylation is 1. The predicted octanol–water partition coefficient (Wildman–Crippen LogP) is 2.22. The summed E-state index contributed by atoms with van der Waals surface area (Å²) in [5.41, 5.74) is 1.96. The number of likely N-dealkylation sites (tertiary alicyclic amines) is 1. The van der Waals surface area contributed by atoms with E-state index in [0.29, 0.717) is 39.0 Å². The van der Waals surface area contributed by atoms with Crippen molar-refractivity contribution in [2.45, 2.75) is 32.9 Å². The maximum Gasteiger partial charge on any atom is 0.227 e. The van der Waals surface area contributed by atoms with E-state index in [1.54, 1.807) is 22.9 Å². The Morgan fingerprint density at radius 1 is 1.36 bits per heavy atom. The topological polar surface area (TPSA) is 67.7 Å². The highest BCUT2D eigenvalue weighted by Gasteiger charge is 2.32. The van der Waals surface area contributed by atoms with Crippen molar-refractivity contribution < 1.29 is 14.3 Å². The molecule has 0 aliphatic carbocycles. The third-order valence-electron chi connectivity index (χ3n) is 5.23. The van der Waals surface area contributed by atoms with Crippen LogP contribution in [0.15, 0.2) is 36.7 Å². The highest BCUT2D eigenvalue weighted by molar-refractivity contribution is 5.84. The first-order valence-electron chi connectivity index (χ1n) is 9.67. The second kappa shape index (κ2) is 8.91. The molecule has 150 valence electrons. The summed E-state index contributed by atoms with van der Waals surface area (Å²) in [5, 5.41) is 4.17. The second-order valence-electron chi connectivity index (χ2n) is 7.20. The van der Waals surface area contributed by atoms with E-state index in [-0.39, 0.29) is 17.7 Å². The van der Waals surface area contributed by atoms with Crippen molar-refractivity contribution in [1.29, 1.82) is 0 Å². The van der Waals surface area contributed by atoms with Gasteiger partial charge in [0, 0.05) is 57.0 Å². The van der Waals surface area contributed by atoms with Gasteiger partial charge in [-0.05, 0) is 19.4 Å². The van der Waals surface area contributed by atoms with Crippen molar-refractivity contribution in [2.24, 2.45) is 13.0 Å². The number of piperidine rings is 1. The lowest BCUT2D eigenvalue weighted by molar-refractivity contribution is -0.143. The van der Waals surface area contributed by atoms with Crippen LogP contribution in [0.3, 0.4) is 0 Å². The van der Waals surface area contributed by atoms with Crippen LogP contribution < -0.4 is 4.74 Å². The zero-order valence-electron chi connectivity index (χ0n) is 16.8. The van der Waals surface area contributed by atoms with Gasteiger partial charge >= 0.3 is 0 Å². The molecule has 3 rings (SSSR count). The summed E-state index contributed by atoms with van der Waals surface area (Å²) in [4.78, 5) is 29.2. The zero-order chi connectivity index (χ0) is 20.1. The van der Waals surface area contributed by atoms with Gasteiger partial charge in [-0.15, -0.1) is 0 Å². The van der Waals surface area contributed by atoms with Gasteiger partial charge in [0.15, 0.2) is 0 Å². The number of ether oxygens (including phenoxy) is 1. The van der Waals surface area contributed by atoms with E-state index in [1.807, 2.05) is 49.3 Å². The van der Waals surface area contributed by atoms with Crippen molar-refractivity contribution in [3.05, 3.63) is 47.8 Å².